The fourth-order valence-electron chi connectivity index (χ4n) is 3.28. The van der Waals surface area contributed by atoms with E-state index in [9.17, 15) is 4.79 Å². The molecule has 1 aromatic heterocycles. The van der Waals surface area contributed by atoms with Gasteiger partial charge in [-0.1, -0.05) is 18.2 Å². The molecule has 0 aliphatic carbocycles. The first-order valence-corrected chi connectivity index (χ1v) is 9.66. The summed E-state index contributed by atoms with van der Waals surface area (Å²) in [6.45, 7) is 8.37. The summed E-state index contributed by atoms with van der Waals surface area (Å²) in [5, 5.41) is 0. The van der Waals surface area contributed by atoms with E-state index in [4.69, 9.17) is 10.5 Å². The van der Waals surface area contributed by atoms with Gasteiger partial charge in [0, 0.05) is 37.4 Å². The maximum Gasteiger partial charge on any atom is 0.291 e. The average molecular weight is 383 g/mol. The van der Waals surface area contributed by atoms with Crippen LogP contribution in [0.4, 0.5) is 5.82 Å². The Kier molecular flexibility index (Phi) is 6.14. The molecule has 0 saturated carbocycles. The van der Waals surface area contributed by atoms with E-state index < -0.39 is 0 Å². The van der Waals surface area contributed by atoms with Crippen LogP contribution in [0.5, 0.6) is 5.75 Å². The maximum atomic E-state index is 12.9. The molecule has 0 unspecified atom stereocenters. The first kappa shape index (κ1) is 20.1. The standard InChI is InChI=1S/C21H29N5O2/c1-14-7-5-6-8-18(14)28-12-11-25(4)21(27)19-23-16(3)15(2)20(24-19)26-10-9-17(22)13-26/h5-8,17H,9-13,22H2,1-4H3/t17-/m1/s1. The number of anilines is 1. The van der Waals surface area contributed by atoms with Crippen LogP contribution in [0.2, 0.25) is 0 Å². The lowest BCUT2D eigenvalue weighted by atomic mass is 10.2. The van der Waals surface area contributed by atoms with Gasteiger partial charge in [0.15, 0.2) is 0 Å². The molecule has 2 heterocycles. The predicted octanol–water partition coefficient (Wildman–Crippen LogP) is 2.09. The molecule has 1 amide bonds. The monoisotopic (exact) mass is 383 g/mol. The van der Waals surface area contributed by atoms with Gasteiger partial charge >= 0.3 is 0 Å². The summed E-state index contributed by atoms with van der Waals surface area (Å²) < 4.78 is 5.80. The molecule has 1 aliphatic heterocycles. The fraction of sp³-hybridized carbons (Fsp3) is 0.476. The highest BCUT2D eigenvalue weighted by molar-refractivity contribution is 5.90. The molecular weight excluding hydrogens is 354 g/mol. The molecule has 1 atom stereocenters. The van der Waals surface area contributed by atoms with Crippen molar-refractivity contribution < 1.29 is 9.53 Å². The molecule has 0 bridgehead atoms. The first-order valence-electron chi connectivity index (χ1n) is 9.66. The van der Waals surface area contributed by atoms with Crippen molar-refractivity contribution in [2.75, 3.05) is 38.2 Å². The minimum atomic E-state index is -0.207. The first-order chi connectivity index (χ1) is 13.4. The molecule has 2 N–H and O–H groups in total. The number of ether oxygens (including phenoxy) is 1. The number of hydrogen-bond donors (Lipinski definition) is 1. The number of nitrogens with zero attached hydrogens (tertiary/aromatic N) is 4. The fourth-order valence-corrected chi connectivity index (χ4v) is 3.28. The number of carbonyl (C=O) groups excluding carboxylic acids is 1. The molecular formula is C21H29N5O2. The van der Waals surface area contributed by atoms with Crippen LogP contribution in [0.25, 0.3) is 0 Å². The average Bonchev–Trinajstić information content (AvgIpc) is 3.10. The van der Waals surface area contributed by atoms with Gasteiger partial charge in [0.25, 0.3) is 5.91 Å². The second kappa shape index (κ2) is 8.56. The number of carbonyl (C=O) groups is 1. The van der Waals surface area contributed by atoms with Crippen LogP contribution in [-0.4, -0.2) is 60.1 Å². The number of nitrogens with two attached hydrogens (primary N) is 1. The Labute approximate surface area is 166 Å². The highest BCUT2D eigenvalue weighted by Crippen LogP contribution is 2.23. The SMILES string of the molecule is Cc1ccccc1OCCN(C)C(=O)c1nc(C)c(C)c(N2CC[C@@H](N)C2)n1. The van der Waals surface area contributed by atoms with Crippen molar-refractivity contribution in [3.8, 4) is 5.75 Å². The van der Waals surface area contributed by atoms with E-state index in [1.54, 1.807) is 11.9 Å². The number of rotatable bonds is 6. The summed E-state index contributed by atoms with van der Waals surface area (Å²) in [7, 11) is 1.74. The van der Waals surface area contributed by atoms with Crippen LogP contribution >= 0.6 is 0 Å². The quantitative estimate of drug-likeness (QED) is 0.822. The number of likely N-dealkylation sites (N-methyl/N-ethyl adjacent to an activating group) is 1. The van der Waals surface area contributed by atoms with Gasteiger partial charge in [-0.2, -0.15) is 0 Å². The van der Waals surface area contributed by atoms with Crippen molar-refractivity contribution in [3.05, 3.63) is 46.9 Å². The molecule has 150 valence electrons. The molecule has 0 spiro atoms. The molecule has 28 heavy (non-hydrogen) atoms. The third-order valence-corrected chi connectivity index (χ3v) is 5.20. The number of para-hydroxylation sites is 1. The summed E-state index contributed by atoms with van der Waals surface area (Å²) in [5.41, 5.74) is 8.92. The number of aromatic nitrogens is 2. The van der Waals surface area contributed by atoms with Gasteiger partial charge in [0.05, 0.1) is 6.54 Å². The molecule has 1 fully saturated rings. The Bertz CT molecular complexity index is 855. The Morgan fingerprint density at radius 2 is 2.04 bits per heavy atom. The largest absolute Gasteiger partial charge is 0.491 e. The lowest BCUT2D eigenvalue weighted by Gasteiger charge is -2.22. The highest BCUT2D eigenvalue weighted by atomic mass is 16.5. The van der Waals surface area contributed by atoms with E-state index in [2.05, 4.69) is 14.9 Å². The van der Waals surface area contributed by atoms with Gasteiger partial charge in [0.1, 0.15) is 18.2 Å². The van der Waals surface area contributed by atoms with Crippen LogP contribution in [-0.2, 0) is 0 Å². The smallest absolute Gasteiger partial charge is 0.291 e. The Hall–Kier alpha value is -2.67. The zero-order valence-electron chi connectivity index (χ0n) is 17.1. The number of aryl methyl sites for hydroxylation is 2. The molecule has 1 aromatic carbocycles. The zero-order chi connectivity index (χ0) is 20.3. The van der Waals surface area contributed by atoms with Gasteiger partial charge in [-0.25, -0.2) is 9.97 Å². The second-order valence-electron chi connectivity index (χ2n) is 7.42. The zero-order valence-corrected chi connectivity index (χ0v) is 17.1. The molecule has 0 radical (unpaired) electrons. The third kappa shape index (κ3) is 4.42. The summed E-state index contributed by atoms with van der Waals surface area (Å²) >= 11 is 0. The minimum absolute atomic E-state index is 0.148. The minimum Gasteiger partial charge on any atom is -0.491 e. The van der Waals surface area contributed by atoms with Gasteiger partial charge in [0.2, 0.25) is 5.82 Å². The van der Waals surface area contributed by atoms with E-state index in [-0.39, 0.29) is 17.8 Å². The van der Waals surface area contributed by atoms with E-state index >= 15 is 0 Å². The van der Waals surface area contributed by atoms with Crippen LogP contribution in [0.15, 0.2) is 24.3 Å². The molecule has 2 aromatic rings. The Morgan fingerprint density at radius 1 is 1.29 bits per heavy atom. The van der Waals surface area contributed by atoms with E-state index in [0.717, 1.165) is 47.9 Å². The number of benzene rings is 1. The van der Waals surface area contributed by atoms with Crippen molar-refractivity contribution in [2.45, 2.75) is 33.2 Å². The molecule has 1 aliphatic rings. The summed E-state index contributed by atoms with van der Waals surface area (Å²) in [6.07, 6.45) is 0.932. The highest BCUT2D eigenvalue weighted by Gasteiger charge is 2.25. The van der Waals surface area contributed by atoms with Crippen LogP contribution in [0.1, 0.15) is 33.9 Å². The topological polar surface area (TPSA) is 84.6 Å². The van der Waals surface area contributed by atoms with E-state index in [1.807, 2.05) is 45.0 Å². The van der Waals surface area contributed by atoms with Crippen molar-refractivity contribution in [1.82, 2.24) is 14.9 Å². The van der Waals surface area contributed by atoms with Crippen LogP contribution in [0, 0.1) is 20.8 Å². The normalized spacial score (nSPS) is 16.3. The number of amides is 1. The summed E-state index contributed by atoms with van der Waals surface area (Å²) in [6, 6.07) is 7.98. The molecule has 1 saturated heterocycles. The molecule has 7 nitrogen and oxygen atoms in total. The lowest BCUT2D eigenvalue weighted by Crippen LogP contribution is -2.33. The van der Waals surface area contributed by atoms with Gasteiger partial charge < -0.3 is 20.3 Å². The predicted molar refractivity (Wildman–Crippen MR) is 110 cm³/mol. The third-order valence-electron chi connectivity index (χ3n) is 5.20. The Balaban J connectivity index is 1.67. The maximum absolute atomic E-state index is 12.9. The summed E-state index contributed by atoms with van der Waals surface area (Å²) in [4.78, 5) is 25.6. The van der Waals surface area contributed by atoms with Crippen molar-refractivity contribution in [2.24, 2.45) is 5.73 Å². The van der Waals surface area contributed by atoms with E-state index in [1.165, 1.54) is 0 Å². The van der Waals surface area contributed by atoms with Gasteiger partial charge in [-0.3, -0.25) is 4.79 Å². The van der Waals surface area contributed by atoms with E-state index in [0.29, 0.717) is 13.2 Å². The van der Waals surface area contributed by atoms with Crippen LogP contribution < -0.4 is 15.4 Å². The van der Waals surface area contributed by atoms with Crippen molar-refractivity contribution in [3.63, 3.8) is 0 Å². The van der Waals surface area contributed by atoms with Gasteiger partial charge in [-0.05, 0) is 38.8 Å². The second-order valence-corrected chi connectivity index (χ2v) is 7.42. The van der Waals surface area contributed by atoms with Crippen molar-refractivity contribution in [1.29, 1.82) is 0 Å². The lowest BCUT2D eigenvalue weighted by molar-refractivity contribution is 0.0761. The number of hydrogen-bond acceptors (Lipinski definition) is 6. The van der Waals surface area contributed by atoms with Gasteiger partial charge in [-0.15, -0.1) is 0 Å². The van der Waals surface area contributed by atoms with Crippen LogP contribution in [0.3, 0.4) is 0 Å². The summed E-state index contributed by atoms with van der Waals surface area (Å²) in [5.74, 6) is 1.66. The Morgan fingerprint density at radius 3 is 2.71 bits per heavy atom. The molecule has 3 rings (SSSR count). The molecule has 7 heteroatoms. The van der Waals surface area contributed by atoms with Crippen molar-refractivity contribution >= 4 is 11.7 Å².